The van der Waals surface area contributed by atoms with Gasteiger partial charge in [-0.25, -0.2) is 14.5 Å². The minimum atomic E-state index is -1.28. The lowest BCUT2D eigenvalue weighted by Crippen LogP contribution is -2.49. The number of rotatable bonds is 6. The third-order valence-electron chi connectivity index (χ3n) is 6.24. The van der Waals surface area contributed by atoms with Crippen LogP contribution >= 0.6 is 0 Å². The molecule has 2 aromatic rings. The highest BCUT2D eigenvalue weighted by molar-refractivity contribution is 5.90. The molecule has 1 saturated heterocycles. The molecular weight excluding hydrogens is 382 g/mol. The molecule has 7 heteroatoms. The van der Waals surface area contributed by atoms with Crippen molar-refractivity contribution >= 4 is 16.9 Å². The highest BCUT2D eigenvalue weighted by Gasteiger charge is 2.66. The third-order valence-corrected chi connectivity index (χ3v) is 6.24. The van der Waals surface area contributed by atoms with E-state index in [1.807, 2.05) is 32.9 Å². The Bertz CT molecular complexity index is 1010. The summed E-state index contributed by atoms with van der Waals surface area (Å²) in [5.41, 5.74) is -1.06. The van der Waals surface area contributed by atoms with Gasteiger partial charge in [-0.1, -0.05) is 53.7 Å². The molecule has 7 nitrogen and oxygen atoms in total. The molecule has 0 aliphatic carbocycles. The first kappa shape index (κ1) is 22.3. The van der Waals surface area contributed by atoms with Gasteiger partial charge in [0, 0.05) is 5.92 Å². The van der Waals surface area contributed by atoms with E-state index in [1.54, 1.807) is 17.1 Å². The van der Waals surface area contributed by atoms with E-state index >= 15 is 0 Å². The molecule has 1 N–H and O–H groups in total. The van der Waals surface area contributed by atoms with Gasteiger partial charge < -0.3 is 9.84 Å². The fourth-order valence-corrected chi connectivity index (χ4v) is 3.89. The Morgan fingerprint density at radius 1 is 1.27 bits per heavy atom. The number of carbonyl (C=O) groups excluding carboxylic acids is 1. The Labute approximate surface area is 177 Å². The van der Waals surface area contributed by atoms with Crippen molar-refractivity contribution in [3.8, 4) is 0 Å². The molecule has 1 aromatic carbocycles. The zero-order valence-corrected chi connectivity index (χ0v) is 19.0. The number of benzene rings is 1. The third kappa shape index (κ3) is 3.60. The fourth-order valence-electron chi connectivity index (χ4n) is 3.89. The Balaban J connectivity index is 2.23. The molecule has 0 amide bonds. The Kier molecular flexibility index (Phi) is 5.71. The minimum absolute atomic E-state index is 0.0759. The average molecular weight is 416 g/mol. The molecule has 3 rings (SSSR count). The number of ether oxygens (including phenoxy) is 1. The van der Waals surface area contributed by atoms with Crippen LogP contribution in [0.3, 0.4) is 0 Å². The summed E-state index contributed by atoms with van der Waals surface area (Å²) >= 11 is 0. The molecule has 1 aliphatic rings. The summed E-state index contributed by atoms with van der Waals surface area (Å²) in [5, 5.41) is 13.1. The van der Waals surface area contributed by atoms with Gasteiger partial charge in [-0.15, -0.1) is 0 Å². The number of aromatic nitrogens is 2. The fraction of sp³-hybridized carbons (Fsp3) is 0.609. The molecular formula is C23H33N3O4. The van der Waals surface area contributed by atoms with Crippen molar-refractivity contribution in [2.45, 2.75) is 65.5 Å². The highest BCUT2D eigenvalue weighted by Crippen LogP contribution is 2.40. The first-order valence-corrected chi connectivity index (χ1v) is 10.5. The maximum absolute atomic E-state index is 13.6. The van der Waals surface area contributed by atoms with E-state index in [4.69, 9.17) is 9.72 Å². The lowest BCUT2D eigenvalue weighted by atomic mass is 9.81. The second-order valence-corrected chi connectivity index (χ2v) is 9.81. The van der Waals surface area contributed by atoms with Crippen molar-refractivity contribution in [1.29, 1.82) is 0 Å². The van der Waals surface area contributed by atoms with E-state index in [0.717, 1.165) is 0 Å². The smallest absolute Gasteiger partial charge is 0.337 e. The van der Waals surface area contributed by atoms with Crippen molar-refractivity contribution in [2.75, 3.05) is 18.7 Å². The van der Waals surface area contributed by atoms with Crippen LogP contribution in [-0.2, 0) is 9.53 Å². The van der Waals surface area contributed by atoms with Crippen LogP contribution in [-0.4, -0.2) is 46.0 Å². The average Bonchev–Trinajstić information content (AvgIpc) is 3.42. The van der Waals surface area contributed by atoms with Crippen LogP contribution < -0.4 is 10.6 Å². The van der Waals surface area contributed by atoms with Gasteiger partial charge in [0.15, 0.2) is 5.54 Å². The topological polar surface area (TPSA) is 84.4 Å². The summed E-state index contributed by atoms with van der Waals surface area (Å²) in [4.78, 5) is 31.2. The molecule has 3 atom stereocenters. The predicted molar refractivity (Wildman–Crippen MR) is 117 cm³/mol. The number of aliphatic hydroxyl groups excluding tert-OH is 1. The van der Waals surface area contributed by atoms with Gasteiger partial charge in [0.1, 0.15) is 5.82 Å². The van der Waals surface area contributed by atoms with Crippen molar-refractivity contribution < 1.29 is 14.6 Å². The zero-order valence-electron chi connectivity index (χ0n) is 19.0. The molecule has 0 saturated carbocycles. The Morgan fingerprint density at radius 2 is 1.90 bits per heavy atom. The number of para-hydroxylation sites is 1. The van der Waals surface area contributed by atoms with Gasteiger partial charge in [0.25, 0.3) is 5.56 Å². The molecule has 1 aromatic heterocycles. The van der Waals surface area contributed by atoms with E-state index in [0.29, 0.717) is 23.1 Å². The maximum Gasteiger partial charge on any atom is 0.337 e. The maximum atomic E-state index is 13.6. The number of hydrogen-bond donors (Lipinski definition) is 1. The molecule has 1 unspecified atom stereocenters. The summed E-state index contributed by atoms with van der Waals surface area (Å²) in [6.07, 6.45) is -0.535. The van der Waals surface area contributed by atoms with Crippen LogP contribution in [0.2, 0.25) is 0 Å². The number of nitrogens with zero attached hydrogens (tertiary/aromatic N) is 3. The first-order valence-electron chi connectivity index (χ1n) is 10.5. The molecule has 2 heterocycles. The lowest BCUT2D eigenvalue weighted by molar-refractivity contribution is -0.146. The number of aliphatic hydroxyl groups is 1. The second-order valence-electron chi connectivity index (χ2n) is 9.81. The molecule has 30 heavy (non-hydrogen) atoms. The van der Waals surface area contributed by atoms with Crippen LogP contribution in [0.5, 0.6) is 0 Å². The van der Waals surface area contributed by atoms with E-state index in [2.05, 4.69) is 20.8 Å². The summed E-state index contributed by atoms with van der Waals surface area (Å²) in [6.45, 7) is 12.5. The van der Waals surface area contributed by atoms with Crippen molar-refractivity contribution in [3.63, 3.8) is 0 Å². The first-order chi connectivity index (χ1) is 13.9. The van der Waals surface area contributed by atoms with Crippen LogP contribution in [0.1, 0.15) is 59.7 Å². The number of esters is 1. The molecule has 0 radical (unpaired) electrons. The van der Waals surface area contributed by atoms with E-state index in [1.165, 1.54) is 11.8 Å². The second kappa shape index (κ2) is 7.69. The SMILES string of the molecule is COC(=O)[C@@]1([C@H](O)CC(C)C)CN1n1c(C(C)C(C)(C)C)nc2ccccc2c1=O. The van der Waals surface area contributed by atoms with Gasteiger partial charge in [-0.05, 0) is 29.9 Å². The summed E-state index contributed by atoms with van der Waals surface area (Å²) in [5.74, 6) is 0.148. The lowest BCUT2D eigenvalue weighted by Gasteiger charge is -2.31. The summed E-state index contributed by atoms with van der Waals surface area (Å²) in [7, 11) is 1.31. The van der Waals surface area contributed by atoms with Crippen molar-refractivity contribution in [1.82, 2.24) is 9.66 Å². The number of hydrogen-bond acceptors (Lipinski definition) is 6. The quantitative estimate of drug-likeness (QED) is 0.577. The standard InChI is InChI=1S/C23H33N3O4/c1-14(2)12-18(27)23(21(29)30-7)13-25(23)26-19(15(3)22(4,5)6)24-17-11-9-8-10-16(17)20(26)28/h8-11,14-15,18,27H,12-13H2,1-7H3/t15?,18-,23+,25?/m1/s1. The van der Waals surface area contributed by atoms with Crippen molar-refractivity contribution in [3.05, 3.63) is 40.4 Å². The van der Waals surface area contributed by atoms with Crippen LogP contribution in [0.4, 0.5) is 0 Å². The normalized spacial score (nSPS) is 21.0. The van der Waals surface area contributed by atoms with Gasteiger partial charge >= 0.3 is 5.97 Å². The van der Waals surface area contributed by atoms with E-state index in [9.17, 15) is 14.7 Å². The van der Waals surface area contributed by atoms with Crippen LogP contribution in [0, 0.1) is 11.3 Å². The molecule has 0 bridgehead atoms. The summed E-state index contributed by atoms with van der Waals surface area (Å²) < 4.78 is 6.55. The monoisotopic (exact) mass is 415 g/mol. The van der Waals surface area contributed by atoms with Crippen molar-refractivity contribution in [2.24, 2.45) is 11.3 Å². The van der Waals surface area contributed by atoms with Crippen LogP contribution in [0.15, 0.2) is 29.1 Å². The largest absolute Gasteiger partial charge is 0.467 e. The minimum Gasteiger partial charge on any atom is -0.467 e. The van der Waals surface area contributed by atoms with E-state index < -0.39 is 17.6 Å². The summed E-state index contributed by atoms with van der Waals surface area (Å²) in [6, 6.07) is 7.21. The molecule has 164 valence electrons. The number of fused-ring (bicyclic) bond motifs is 1. The highest BCUT2D eigenvalue weighted by atomic mass is 16.5. The number of carbonyl (C=O) groups is 1. The van der Waals surface area contributed by atoms with Crippen LogP contribution in [0.25, 0.3) is 10.9 Å². The predicted octanol–water partition coefficient (Wildman–Crippen LogP) is 2.82. The molecule has 0 spiro atoms. The van der Waals surface area contributed by atoms with Gasteiger partial charge in [-0.3, -0.25) is 9.80 Å². The van der Waals surface area contributed by atoms with Gasteiger partial charge in [0.2, 0.25) is 0 Å². The van der Waals surface area contributed by atoms with E-state index in [-0.39, 0.29) is 29.4 Å². The Morgan fingerprint density at radius 3 is 2.47 bits per heavy atom. The molecule has 1 fully saturated rings. The Hall–Kier alpha value is -2.41. The zero-order chi connectivity index (χ0) is 22.4. The van der Waals surface area contributed by atoms with Gasteiger partial charge in [-0.2, -0.15) is 0 Å². The number of methoxy groups -OCH3 is 1. The van der Waals surface area contributed by atoms with Gasteiger partial charge in [0.05, 0.1) is 30.7 Å². The molecule has 1 aliphatic heterocycles.